The highest BCUT2D eigenvalue weighted by atomic mass is 16.5. The number of benzene rings is 1. The summed E-state index contributed by atoms with van der Waals surface area (Å²) < 4.78 is 5.91. The minimum Gasteiger partial charge on any atom is -0.493 e. The second-order valence-electron chi connectivity index (χ2n) is 5.28. The Morgan fingerprint density at radius 2 is 2.06 bits per heavy atom. The predicted molar refractivity (Wildman–Crippen MR) is 71.2 cm³/mol. The Kier molecular flexibility index (Phi) is 4.06. The number of ether oxygens (including phenoxy) is 1. The van der Waals surface area contributed by atoms with Crippen LogP contribution < -0.4 is 10.5 Å². The van der Waals surface area contributed by atoms with E-state index in [1.807, 2.05) is 6.92 Å². The van der Waals surface area contributed by atoms with Crippen molar-refractivity contribution in [1.82, 2.24) is 0 Å². The van der Waals surface area contributed by atoms with Gasteiger partial charge in [0.05, 0.1) is 6.61 Å². The highest BCUT2D eigenvalue weighted by molar-refractivity contribution is 5.37. The van der Waals surface area contributed by atoms with Crippen molar-refractivity contribution in [2.45, 2.75) is 45.6 Å². The van der Waals surface area contributed by atoms with E-state index in [1.54, 1.807) is 0 Å². The van der Waals surface area contributed by atoms with Crippen LogP contribution in [-0.2, 0) is 0 Å². The van der Waals surface area contributed by atoms with Crippen molar-refractivity contribution < 1.29 is 4.74 Å². The third kappa shape index (κ3) is 3.22. The summed E-state index contributed by atoms with van der Waals surface area (Å²) in [6.07, 6.45) is 5.40. The minimum absolute atomic E-state index is 0.0950. The van der Waals surface area contributed by atoms with E-state index in [-0.39, 0.29) is 6.04 Å². The Morgan fingerprint density at radius 3 is 2.65 bits per heavy atom. The molecule has 0 saturated heterocycles. The zero-order valence-corrected chi connectivity index (χ0v) is 10.9. The van der Waals surface area contributed by atoms with Gasteiger partial charge in [-0.2, -0.15) is 0 Å². The first-order valence-corrected chi connectivity index (χ1v) is 6.65. The maximum Gasteiger partial charge on any atom is 0.122 e. The van der Waals surface area contributed by atoms with Gasteiger partial charge < -0.3 is 10.5 Å². The summed E-state index contributed by atoms with van der Waals surface area (Å²) in [5.74, 6) is 1.78. The van der Waals surface area contributed by atoms with Crippen LogP contribution in [0.15, 0.2) is 18.2 Å². The highest BCUT2D eigenvalue weighted by Crippen LogP contribution is 2.27. The van der Waals surface area contributed by atoms with Crippen LogP contribution in [0.1, 0.15) is 49.8 Å². The van der Waals surface area contributed by atoms with E-state index in [1.165, 1.54) is 36.8 Å². The normalized spacial score (nSPS) is 18.3. The largest absolute Gasteiger partial charge is 0.493 e. The molecule has 0 bridgehead atoms. The fourth-order valence-corrected chi connectivity index (χ4v) is 2.50. The smallest absolute Gasteiger partial charge is 0.122 e. The summed E-state index contributed by atoms with van der Waals surface area (Å²) in [5.41, 5.74) is 8.23. The van der Waals surface area contributed by atoms with Crippen molar-refractivity contribution in [3.8, 4) is 5.75 Å². The molecule has 17 heavy (non-hydrogen) atoms. The van der Waals surface area contributed by atoms with Gasteiger partial charge in [-0.3, -0.25) is 0 Å². The number of aryl methyl sites for hydroxylation is 1. The van der Waals surface area contributed by atoms with Crippen LogP contribution in [0, 0.1) is 12.8 Å². The second kappa shape index (κ2) is 5.54. The van der Waals surface area contributed by atoms with Crippen molar-refractivity contribution in [3.63, 3.8) is 0 Å². The molecule has 1 fully saturated rings. The van der Waals surface area contributed by atoms with Gasteiger partial charge in [-0.1, -0.05) is 25.0 Å². The molecule has 94 valence electrons. The van der Waals surface area contributed by atoms with Crippen molar-refractivity contribution in [1.29, 1.82) is 0 Å². The number of nitrogens with two attached hydrogens (primary N) is 1. The minimum atomic E-state index is 0.0950. The van der Waals surface area contributed by atoms with Gasteiger partial charge in [0.25, 0.3) is 0 Å². The summed E-state index contributed by atoms with van der Waals surface area (Å²) in [6.45, 7) is 4.97. The quantitative estimate of drug-likeness (QED) is 0.862. The number of rotatable bonds is 4. The lowest BCUT2D eigenvalue weighted by Gasteiger charge is -2.15. The van der Waals surface area contributed by atoms with E-state index >= 15 is 0 Å². The molecular weight excluding hydrogens is 210 g/mol. The molecular formula is C15H23NO. The molecule has 0 heterocycles. The summed E-state index contributed by atoms with van der Waals surface area (Å²) in [4.78, 5) is 0. The van der Waals surface area contributed by atoms with Crippen molar-refractivity contribution in [3.05, 3.63) is 29.3 Å². The fraction of sp³-hybridized carbons (Fsp3) is 0.600. The molecule has 2 rings (SSSR count). The standard InChI is InChI=1S/C15H23NO/c1-11-9-14(12(2)16)7-8-15(11)17-10-13-5-3-4-6-13/h7-9,12-13H,3-6,10,16H2,1-2H3/t12-/m1/s1. The maximum absolute atomic E-state index is 5.91. The molecule has 1 aliphatic rings. The SMILES string of the molecule is Cc1cc([C@@H](C)N)ccc1OCC1CCCC1. The summed E-state index contributed by atoms with van der Waals surface area (Å²) in [5, 5.41) is 0. The first kappa shape index (κ1) is 12.4. The lowest BCUT2D eigenvalue weighted by atomic mass is 10.1. The van der Waals surface area contributed by atoms with Crippen LogP contribution in [0.4, 0.5) is 0 Å². The molecule has 0 unspecified atom stereocenters. The van der Waals surface area contributed by atoms with Gasteiger partial charge in [-0.05, 0) is 49.8 Å². The van der Waals surface area contributed by atoms with Gasteiger partial charge in [0, 0.05) is 6.04 Å². The van der Waals surface area contributed by atoms with Gasteiger partial charge in [-0.25, -0.2) is 0 Å². The molecule has 1 aliphatic carbocycles. The Bertz CT molecular complexity index is 367. The van der Waals surface area contributed by atoms with Crippen molar-refractivity contribution in [2.24, 2.45) is 11.7 Å². The van der Waals surface area contributed by atoms with E-state index in [0.717, 1.165) is 18.3 Å². The lowest BCUT2D eigenvalue weighted by molar-refractivity contribution is 0.250. The number of hydrogen-bond acceptors (Lipinski definition) is 2. The zero-order chi connectivity index (χ0) is 12.3. The molecule has 0 amide bonds. The van der Waals surface area contributed by atoms with Crippen LogP contribution >= 0.6 is 0 Å². The van der Waals surface area contributed by atoms with Crippen molar-refractivity contribution in [2.75, 3.05) is 6.61 Å². The summed E-state index contributed by atoms with van der Waals surface area (Å²) >= 11 is 0. The van der Waals surface area contributed by atoms with Gasteiger partial charge in [0.2, 0.25) is 0 Å². The molecule has 0 aromatic heterocycles. The molecule has 0 spiro atoms. The highest BCUT2D eigenvalue weighted by Gasteiger charge is 2.16. The predicted octanol–water partition coefficient (Wildman–Crippen LogP) is 3.58. The average Bonchev–Trinajstić information content (AvgIpc) is 2.80. The van der Waals surface area contributed by atoms with E-state index in [2.05, 4.69) is 25.1 Å². The average molecular weight is 233 g/mol. The van der Waals surface area contributed by atoms with Gasteiger partial charge >= 0.3 is 0 Å². The van der Waals surface area contributed by atoms with Crippen LogP contribution in [0.5, 0.6) is 5.75 Å². The van der Waals surface area contributed by atoms with E-state index in [0.29, 0.717) is 0 Å². The van der Waals surface area contributed by atoms with Crippen LogP contribution in [-0.4, -0.2) is 6.61 Å². The molecule has 2 N–H and O–H groups in total. The topological polar surface area (TPSA) is 35.2 Å². The van der Waals surface area contributed by atoms with Gasteiger partial charge in [0.15, 0.2) is 0 Å². The molecule has 0 aliphatic heterocycles. The van der Waals surface area contributed by atoms with E-state index in [9.17, 15) is 0 Å². The molecule has 0 radical (unpaired) electrons. The Balaban J connectivity index is 1.96. The van der Waals surface area contributed by atoms with Crippen LogP contribution in [0.3, 0.4) is 0 Å². The monoisotopic (exact) mass is 233 g/mol. The molecule has 1 aromatic carbocycles. The van der Waals surface area contributed by atoms with Gasteiger partial charge in [0.1, 0.15) is 5.75 Å². The number of hydrogen-bond donors (Lipinski definition) is 1. The van der Waals surface area contributed by atoms with Crippen LogP contribution in [0.25, 0.3) is 0 Å². The second-order valence-corrected chi connectivity index (χ2v) is 5.28. The summed E-state index contributed by atoms with van der Waals surface area (Å²) in [7, 11) is 0. The molecule has 2 heteroatoms. The Morgan fingerprint density at radius 1 is 1.35 bits per heavy atom. The zero-order valence-electron chi connectivity index (χ0n) is 10.9. The fourth-order valence-electron chi connectivity index (χ4n) is 2.50. The first-order chi connectivity index (χ1) is 8.16. The maximum atomic E-state index is 5.91. The molecule has 1 aromatic rings. The Hall–Kier alpha value is -1.02. The third-order valence-electron chi connectivity index (χ3n) is 3.67. The molecule has 2 nitrogen and oxygen atoms in total. The van der Waals surface area contributed by atoms with Crippen molar-refractivity contribution >= 4 is 0 Å². The van der Waals surface area contributed by atoms with E-state index < -0.39 is 0 Å². The molecule has 1 saturated carbocycles. The van der Waals surface area contributed by atoms with Gasteiger partial charge in [-0.15, -0.1) is 0 Å². The van der Waals surface area contributed by atoms with Crippen LogP contribution in [0.2, 0.25) is 0 Å². The Labute approximate surface area is 104 Å². The van der Waals surface area contributed by atoms with E-state index in [4.69, 9.17) is 10.5 Å². The summed E-state index contributed by atoms with van der Waals surface area (Å²) in [6, 6.07) is 6.36. The third-order valence-corrected chi connectivity index (χ3v) is 3.67. The molecule has 1 atom stereocenters. The first-order valence-electron chi connectivity index (χ1n) is 6.65. The lowest BCUT2D eigenvalue weighted by Crippen LogP contribution is -2.09.